The number of hydrogen-bond donors (Lipinski definition) is 0. The van der Waals surface area contributed by atoms with E-state index in [0.717, 1.165) is 34.0 Å². The van der Waals surface area contributed by atoms with E-state index >= 15 is 0 Å². The minimum Gasteiger partial charge on any atom is -0.457 e. The predicted molar refractivity (Wildman–Crippen MR) is 282 cm³/mol. The zero-order valence-electron chi connectivity index (χ0n) is 43.0. The van der Waals surface area contributed by atoms with E-state index in [9.17, 15) is 0 Å². The summed E-state index contributed by atoms with van der Waals surface area (Å²) in [5, 5.41) is 2.39. The van der Waals surface area contributed by atoms with E-state index in [1.165, 1.54) is 55.7 Å². The Balaban J connectivity index is 1.26. The second kappa shape index (κ2) is 16.2. The minimum absolute atomic E-state index is 0.0111. The lowest BCUT2D eigenvalue weighted by Gasteiger charge is -2.35. The molecule has 66 heavy (non-hydrogen) atoms. The van der Waals surface area contributed by atoms with Gasteiger partial charge in [-0.2, -0.15) is 0 Å². The van der Waals surface area contributed by atoms with Gasteiger partial charge in [-0.25, -0.2) is 4.98 Å². The average molecular weight is 879 g/mol. The number of rotatable bonds is 7. The molecule has 7 aromatic rings. The maximum Gasteiger partial charge on any atom is 0.137 e. The van der Waals surface area contributed by atoms with Crippen molar-refractivity contribution < 1.29 is 4.74 Å². The Hall–Kier alpha value is -5.81. The Bertz CT molecular complexity index is 2970. The number of nitrogens with zero attached hydrogens (tertiary/aromatic N) is 4. The zero-order chi connectivity index (χ0) is 47.9. The lowest BCUT2D eigenvalue weighted by Crippen LogP contribution is -2.31. The van der Waals surface area contributed by atoms with Crippen LogP contribution < -0.4 is 14.5 Å². The van der Waals surface area contributed by atoms with Crippen molar-refractivity contribution in [3.8, 4) is 17.3 Å². The fourth-order valence-electron chi connectivity index (χ4n) is 9.72. The van der Waals surface area contributed by atoms with Crippen molar-refractivity contribution in [2.24, 2.45) is 10.8 Å². The molecule has 0 aliphatic carbocycles. The van der Waals surface area contributed by atoms with E-state index in [1.807, 2.05) is 6.20 Å². The molecule has 0 saturated heterocycles. The molecule has 1 aliphatic heterocycles. The number of ether oxygens (including phenoxy) is 1. The third-order valence-corrected chi connectivity index (χ3v) is 13.6. The van der Waals surface area contributed by atoms with Gasteiger partial charge in [-0.05, 0) is 105 Å². The summed E-state index contributed by atoms with van der Waals surface area (Å²) in [6, 6.07) is 44.8. The number of anilines is 2. The van der Waals surface area contributed by atoms with Gasteiger partial charge in [-0.3, -0.25) is 4.57 Å². The molecule has 2 aromatic heterocycles. The van der Waals surface area contributed by atoms with Gasteiger partial charge in [0.15, 0.2) is 0 Å². The Morgan fingerprint density at radius 1 is 0.409 bits per heavy atom. The van der Waals surface area contributed by atoms with Gasteiger partial charge in [-0.15, -0.1) is 0 Å². The fraction of sp³-hybridized carbons (Fsp3) is 0.393. The summed E-state index contributed by atoms with van der Waals surface area (Å²) in [6.07, 6.45) is 1.95. The molecule has 1 aliphatic rings. The second-order valence-electron chi connectivity index (χ2n) is 24.5. The van der Waals surface area contributed by atoms with Gasteiger partial charge >= 0.3 is 0 Å². The molecular weight excluding hydrogens is 805 g/mol. The van der Waals surface area contributed by atoms with E-state index in [1.54, 1.807) is 0 Å². The molecular formula is C61H74N4O. The standard InChI is InChI=1S/C61H74N4O/c1-56(2,3)41-26-29-51-50(35-41)49-28-27-47(38-52(49)65(51)53-36-42(30-31-62-53)57(4,5)6)66-48-34-44(58(7,8)9)33-46(37-48)64-39-63(54(59(10,11)12)55(64)60(13,14)15)45-25-21-24-43(32-45)61(16,17)40-22-19-18-20-23-40/h18-38H,39H2,1-17H3. The van der Waals surface area contributed by atoms with Crippen molar-refractivity contribution in [1.82, 2.24) is 9.55 Å². The molecule has 0 fully saturated rings. The first-order valence-corrected chi connectivity index (χ1v) is 24.0. The molecule has 0 bridgehead atoms. The normalized spacial score (nSPS) is 14.6. The first-order chi connectivity index (χ1) is 30.6. The molecule has 0 unspecified atom stereocenters. The number of aromatic nitrogens is 2. The predicted octanol–water partition coefficient (Wildman–Crippen LogP) is 16.8. The lowest BCUT2D eigenvalue weighted by molar-refractivity contribution is 0.444. The molecule has 0 amide bonds. The summed E-state index contributed by atoms with van der Waals surface area (Å²) < 4.78 is 9.42. The molecule has 3 heterocycles. The molecule has 5 aromatic carbocycles. The maximum absolute atomic E-state index is 7.10. The fourth-order valence-corrected chi connectivity index (χ4v) is 9.72. The molecule has 0 atom stereocenters. The van der Waals surface area contributed by atoms with Gasteiger partial charge in [-0.1, -0.05) is 166 Å². The van der Waals surface area contributed by atoms with Crippen LogP contribution in [0.15, 0.2) is 139 Å². The Kier molecular flexibility index (Phi) is 11.5. The van der Waals surface area contributed by atoms with E-state index in [2.05, 4.69) is 253 Å². The van der Waals surface area contributed by atoms with Gasteiger partial charge in [0.25, 0.3) is 0 Å². The van der Waals surface area contributed by atoms with Crippen molar-refractivity contribution in [2.75, 3.05) is 16.5 Å². The van der Waals surface area contributed by atoms with Crippen LogP contribution in [-0.2, 0) is 21.7 Å². The molecule has 0 N–H and O–H groups in total. The number of fused-ring (bicyclic) bond motifs is 3. The molecule has 0 spiro atoms. The summed E-state index contributed by atoms with van der Waals surface area (Å²) in [6.45, 7) is 40.0. The highest BCUT2D eigenvalue weighted by atomic mass is 16.5. The first-order valence-electron chi connectivity index (χ1n) is 24.0. The molecule has 0 radical (unpaired) electrons. The van der Waals surface area contributed by atoms with Crippen LogP contribution in [-0.4, -0.2) is 16.2 Å². The van der Waals surface area contributed by atoms with Crippen LogP contribution in [0.4, 0.5) is 11.4 Å². The van der Waals surface area contributed by atoms with Crippen LogP contribution in [0.1, 0.15) is 146 Å². The van der Waals surface area contributed by atoms with Gasteiger partial charge in [0.2, 0.25) is 0 Å². The van der Waals surface area contributed by atoms with Crippen LogP contribution in [0, 0.1) is 10.8 Å². The monoisotopic (exact) mass is 879 g/mol. The number of pyridine rings is 1. The van der Waals surface area contributed by atoms with Crippen LogP contribution >= 0.6 is 0 Å². The average Bonchev–Trinajstić information content (AvgIpc) is 3.81. The van der Waals surface area contributed by atoms with Crippen molar-refractivity contribution in [3.63, 3.8) is 0 Å². The quantitative estimate of drug-likeness (QED) is 0.160. The molecule has 8 rings (SSSR count). The highest BCUT2D eigenvalue weighted by Crippen LogP contribution is 2.50. The highest BCUT2D eigenvalue weighted by molar-refractivity contribution is 6.09. The van der Waals surface area contributed by atoms with E-state index in [4.69, 9.17) is 9.72 Å². The molecule has 5 heteroatoms. The lowest BCUT2D eigenvalue weighted by atomic mass is 9.78. The number of hydrogen-bond acceptors (Lipinski definition) is 4. The third-order valence-electron chi connectivity index (χ3n) is 13.6. The topological polar surface area (TPSA) is 33.5 Å². The minimum atomic E-state index is -0.166. The largest absolute Gasteiger partial charge is 0.457 e. The summed E-state index contributed by atoms with van der Waals surface area (Å²) in [5.41, 5.74) is 12.9. The number of benzene rings is 5. The Morgan fingerprint density at radius 3 is 1.62 bits per heavy atom. The van der Waals surface area contributed by atoms with Crippen LogP contribution in [0.2, 0.25) is 0 Å². The van der Waals surface area contributed by atoms with Crippen LogP contribution in [0.25, 0.3) is 27.6 Å². The smallest absolute Gasteiger partial charge is 0.137 e. The molecule has 5 nitrogen and oxygen atoms in total. The summed E-state index contributed by atoms with van der Waals surface area (Å²) in [7, 11) is 0. The van der Waals surface area contributed by atoms with Gasteiger partial charge in [0, 0.05) is 68.1 Å². The van der Waals surface area contributed by atoms with Gasteiger partial charge < -0.3 is 14.5 Å². The Labute approximate surface area is 396 Å². The molecule has 344 valence electrons. The van der Waals surface area contributed by atoms with Crippen molar-refractivity contribution in [1.29, 1.82) is 0 Å². The van der Waals surface area contributed by atoms with Crippen molar-refractivity contribution in [2.45, 2.75) is 139 Å². The number of allylic oxidation sites excluding steroid dienone is 2. The summed E-state index contributed by atoms with van der Waals surface area (Å²) in [4.78, 5) is 10.1. The Morgan fingerprint density at radius 2 is 1.00 bits per heavy atom. The highest BCUT2D eigenvalue weighted by Gasteiger charge is 2.42. The van der Waals surface area contributed by atoms with E-state index in [-0.39, 0.29) is 32.5 Å². The van der Waals surface area contributed by atoms with Crippen molar-refractivity contribution >= 4 is 33.2 Å². The third kappa shape index (κ3) is 8.91. The van der Waals surface area contributed by atoms with Gasteiger partial charge in [0.05, 0.1) is 17.7 Å². The SMILES string of the molecule is CC(C)(C)C1=C(C(C)(C)C)N(c2cccc(C(C)(C)c3ccccc3)c2)CN1c1cc(Oc2ccc3c4cc(C(C)(C)C)ccc4n(-c4cc(C(C)(C)C)ccn4)c3c2)cc(C(C)(C)C)c1. The second-order valence-corrected chi connectivity index (χ2v) is 24.5. The van der Waals surface area contributed by atoms with Gasteiger partial charge in [0.1, 0.15) is 17.3 Å². The maximum atomic E-state index is 7.10. The van der Waals surface area contributed by atoms with Crippen molar-refractivity contribution in [3.05, 3.63) is 167 Å². The summed E-state index contributed by atoms with van der Waals surface area (Å²) >= 11 is 0. The first kappa shape index (κ1) is 46.7. The molecule has 0 saturated carbocycles. The zero-order valence-corrected chi connectivity index (χ0v) is 43.0. The summed E-state index contributed by atoms with van der Waals surface area (Å²) in [5.74, 6) is 2.51. The van der Waals surface area contributed by atoms with E-state index in [0.29, 0.717) is 6.67 Å². The van der Waals surface area contributed by atoms with E-state index < -0.39 is 0 Å². The van der Waals surface area contributed by atoms with Crippen LogP contribution in [0.5, 0.6) is 11.5 Å². The van der Waals surface area contributed by atoms with Crippen LogP contribution in [0.3, 0.4) is 0 Å².